The molecule has 1 N–H and O–H groups in total. The van der Waals surface area contributed by atoms with Crippen molar-refractivity contribution < 1.29 is 14.6 Å². The third-order valence-corrected chi connectivity index (χ3v) is 2.40. The second-order valence-corrected chi connectivity index (χ2v) is 4.94. The van der Waals surface area contributed by atoms with Crippen LogP contribution in [0.3, 0.4) is 0 Å². The Morgan fingerprint density at radius 3 is 2.47 bits per heavy atom. The second kappa shape index (κ2) is 6.83. The van der Waals surface area contributed by atoms with Gasteiger partial charge in [-0.05, 0) is 32.6 Å². The van der Waals surface area contributed by atoms with E-state index in [2.05, 4.69) is 6.92 Å². The molecule has 0 aromatic rings. The lowest BCUT2D eigenvalue weighted by Crippen LogP contribution is -2.18. The normalized spacial score (nSPS) is 13.7. The summed E-state index contributed by atoms with van der Waals surface area (Å²) in [5.41, 5.74) is -0.560. The smallest absolute Gasteiger partial charge is 0.302 e. The van der Waals surface area contributed by atoms with Crippen molar-refractivity contribution in [3.05, 3.63) is 0 Å². The average molecular weight is 216 g/mol. The third kappa shape index (κ3) is 11.4. The van der Waals surface area contributed by atoms with Crippen molar-refractivity contribution in [3.8, 4) is 0 Å². The van der Waals surface area contributed by atoms with Crippen LogP contribution in [-0.2, 0) is 9.53 Å². The molecule has 0 spiro atoms. The largest absolute Gasteiger partial charge is 0.466 e. The molecule has 3 heteroatoms. The quantitative estimate of drug-likeness (QED) is 0.665. The summed E-state index contributed by atoms with van der Waals surface area (Å²) in [5, 5.41) is 9.51. The van der Waals surface area contributed by atoms with Crippen LogP contribution < -0.4 is 0 Å². The molecule has 0 unspecified atom stereocenters. The highest BCUT2D eigenvalue weighted by Gasteiger charge is 2.12. The van der Waals surface area contributed by atoms with Crippen molar-refractivity contribution in [3.63, 3.8) is 0 Å². The topological polar surface area (TPSA) is 46.5 Å². The fourth-order valence-electron chi connectivity index (χ4n) is 1.43. The lowest BCUT2D eigenvalue weighted by molar-refractivity contribution is -0.141. The standard InChI is InChI=1S/C12H24O3/c1-10(7-9-15-11(2)13)6-5-8-12(3,4)14/h10,14H,5-9H2,1-4H3/t10-/m1/s1. The summed E-state index contributed by atoms with van der Waals surface area (Å²) >= 11 is 0. The first-order valence-corrected chi connectivity index (χ1v) is 5.67. The van der Waals surface area contributed by atoms with Gasteiger partial charge in [0.05, 0.1) is 12.2 Å². The van der Waals surface area contributed by atoms with Gasteiger partial charge in [-0.15, -0.1) is 0 Å². The van der Waals surface area contributed by atoms with Crippen LogP contribution in [0.5, 0.6) is 0 Å². The van der Waals surface area contributed by atoms with Crippen LogP contribution in [0.25, 0.3) is 0 Å². The van der Waals surface area contributed by atoms with Crippen molar-refractivity contribution in [2.24, 2.45) is 5.92 Å². The summed E-state index contributed by atoms with van der Waals surface area (Å²) in [6.45, 7) is 7.75. The minimum absolute atomic E-state index is 0.210. The average Bonchev–Trinajstić information content (AvgIpc) is 2.00. The van der Waals surface area contributed by atoms with E-state index < -0.39 is 5.60 Å². The molecule has 0 aromatic carbocycles. The van der Waals surface area contributed by atoms with Gasteiger partial charge in [0.2, 0.25) is 0 Å². The van der Waals surface area contributed by atoms with Gasteiger partial charge in [-0.25, -0.2) is 0 Å². The summed E-state index contributed by atoms with van der Waals surface area (Å²) in [6.07, 6.45) is 3.83. The highest BCUT2D eigenvalue weighted by atomic mass is 16.5. The van der Waals surface area contributed by atoms with Gasteiger partial charge in [-0.3, -0.25) is 4.79 Å². The van der Waals surface area contributed by atoms with Crippen molar-refractivity contribution in [2.45, 2.75) is 59.0 Å². The van der Waals surface area contributed by atoms with Crippen LogP contribution in [0.4, 0.5) is 0 Å². The number of rotatable bonds is 7. The molecule has 0 bridgehead atoms. The summed E-state index contributed by atoms with van der Waals surface area (Å²) in [5.74, 6) is 0.338. The molecular weight excluding hydrogens is 192 g/mol. The molecule has 0 heterocycles. The SMILES string of the molecule is CC(=O)OCC[C@H](C)CCCC(C)(C)O. The molecule has 0 saturated carbocycles. The number of aliphatic hydroxyl groups is 1. The molecule has 0 aliphatic heterocycles. The van der Waals surface area contributed by atoms with Gasteiger partial charge in [0.15, 0.2) is 0 Å². The van der Waals surface area contributed by atoms with Gasteiger partial charge in [0.1, 0.15) is 0 Å². The van der Waals surface area contributed by atoms with E-state index >= 15 is 0 Å². The van der Waals surface area contributed by atoms with E-state index in [9.17, 15) is 9.90 Å². The Kier molecular flexibility index (Phi) is 6.57. The molecule has 3 nitrogen and oxygen atoms in total. The van der Waals surface area contributed by atoms with Crippen LogP contribution in [-0.4, -0.2) is 23.3 Å². The van der Waals surface area contributed by atoms with Crippen molar-refractivity contribution in [2.75, 3.05) is 6.61 Å². The molecule has 0 rings (SSSR count). The van der Waals surface area contributed by atoms with Gasteiger partial charge >= 0.3 is 5.97 Å². The van der Waals surface area contributed by atoms with Crippen LogP contribution in [0.1, 0.15) is 53.4 Å². The number of hydrogen-bond acceptors (Lipinski definition) is 3. The minimum atomic E-state index is -0.560. The lowest BCUT2D eigenvalue weighted by Gasteiger charge is -2.18. The first-order valence-electron chi connectivity index (χ1n) is 5.67. The van der Waals surface area contributed by atoms with E-state index in [4.69, 9.17) is 4.74 Å². The summed E-state index contributed by atoms with van der Waals surface area (Å²) < 4.78 is 4.87. The van der Waals surface area contributed by atoms with Gasteiger partial charge in [0.25, 0.3) is 0 Å². The molecule has 0 aliphatic rings. The van der Waals surface area contributed by atoms with Gasteiger partial charge < -0.3 is 9.84 Å². The maximum absolute atomic E-state index is 10.5. The molecule has 90 valence electrons. The molecule has 0 aromatic heterocycles. The maximum Gasteiger partial charge on any atom is 0.302 e. The van der Waals surface area contributed by atoms with Crippen molar-refractivity contribution >= 4 is 5.97 Å². The highest BCUT2D eigenvalue weighted by Crippen LogP contribution is 2.17. The van der Waals surface area contributed by atoms with E-state index in [1.165, 1.54) is 6.92 Å². The van der Waals surface area contributed by atoms with Crippen molar-refractivity contribution in [1.29, 1.82) is 0 Å². The number of esters is 1. The number of carbonyl (C=O) groups is 1. The van der Waals surface area contributed by atoms with E-state index in [1.807, 2.05) is 13.8 Å². The first kappa shape index (κ1) is 14.4. The van der Waals surface area contributed by atoms with E-state index in [1.54, 1.807) is 0 Å². The Hall–Kier alpha value is -0.570. The second-order valence-electron chi connectivity index (χ2n) is 4.94. The Labute approximate surface area is 92.8 Å². The Morgan fingerprint density at radius 2 is 2.00 bits per heavy atom. The van der Waals surface area contributed by atoms with Crippen molar-refractivity contribution in [1.82, 2.24) is 0 Å². The van der Waals surface area contributed by atoms with E-state index in [0.717, 1.165) is 25.7 Å². The first-order chi connectivity index (χ1) is 6.81. The zero-order chi connectivity index (χ0) is 11.9. The fraction of sp³-hybridized carbons (Fsp3) is 0.917. The van der Waals surface area contributed by atoms with Crippen LogP contribution >= 0.6 is 0 Å². The predicted molar refractivity (Wildman–Crippen MR) is 60.6 cm³/mol. The number of carbonyl (C=O) groups excluding carboxylic acids is 1. The third-order valence-electron chi connectivity index (χ3n) is 2.40. The molecule has 15 heavy (non-hydrogen) atoms. The maximum atomic E-state index is 10.5. The van der Waals surface area contributed by atoms with E-state index in [-0.39, 0.29) is 5.97 Å². The molecule has 0 fully saturated rings. The Bertz CT molecular complexity index is 182. The molecular formula is C12H24O3. The van der Waals surface area contributed by atoms with Gasteiger partial charge in [0, 0.05) is 6.92 Å². The zero-order valence-corrected chi connectivity index (χ0v) is 10.4. The predicted octanol–water partition coefficient (Wildman–Crippen LogP) is 2.52. The number of ether oxygens (including phenoxy) is 1. The molecule has 0 aliphatic carbocycles. The van der Waals surface area contributed by atoms with Crippen LogP contribution in [0, 0.1) is 5.92 Å². The van der Waals surface area contributed by atoms with Gasteiger partial charge in [-0.2, -0.15) is 0 Å². The van der Waals surface area contributed by atoms with Gasteiger partial charge in [-0.1, -0.05) is 19.8 Å². The molecule has 0 radical (unpaired) electrons. The summed E-state index contributed by atoms with van der Waals surface area (Å²) in [4.78, 5) is 10.5. The number of hydrogen-bond donors (Lipinski definition) is 1. The zero-order valence-electron chi connectivity index (χ0n) is 10.4. The molecule has 0 saturated heterocycles. The fourth-order valence-corrected chi connectivity index (χ4v) is 1.43. The molecule has 0 amide bonds. The Morgan fingerprint density at radius 1 is 1.40 bits per heavy atom. The lowest BCUT2D eigenvalue weighted by atomic mass is 9.95. The minimum Gasteiger partial charge on any atom is -0.466 e. The molecule has 1 atom stereocenters. The summed E-state index contributed by atoms with van der Waals surface area (Å²) in [6, 6.07) is 0. The van der Waals surface area contributed by atoms with Crippen LogP contribution in [0.2, 0.25) is 0 Å². The summed E-state index contributed by atoms with van der Waals surface area (Å²) in [7, 11) is 0. The van der Waals surface area contributed by atoms with E-state index in [0.29, 0.717) is 12.5 Å². The highest BCUT2D eigenvalue weighted by molar-refractivity contribution is 5.65. The van der Waals surface area contributed by atoms with Crippen LogP contribution in [0.15, 0.2) is 0 Å². The monoisotopic (exact) mass is 216 g/mol. The Balaban J connectivity index is 3.41.